The maximum atomic E-state index is 13.2. The lowest BCUT2D eigenvalue weighted by Crippen LogP contribution is -2.31. The molecule has 0 aliphatic heterocycles. The molecule has 0 aromatic heterocycles. The predicted octanol–water partition coefficient (Wildman–Crippen LogP) is 2.70. The molecule has 0 heterocycles. The van der Waals surface area contributed by atoms with Gasteiger partial charge in [0.05, 0.1) is 10.9 Å². The second kappa shape index (κ2) is 7.19. The maximum Gasteiger partial charge on any atom is 0.238 e. The summed E-state index contributed by atoms with van der Waals surface area (Å²) in [5.74, 6) is 4.85. The highest BCUT2D eigenvalue weighted by molar-refractivity contribution is 9.10. The van der Waals surface area contributed by atoms with E-state index in [1.807, 2.05) is 24.3 Å². The van der Waals surface area contributed by atoms with E-state index in [9.17, 15) is 9.18 Å². The first-order chi connectivity index (χ1) is 10.1. The number of ether oxygens (including phenoxy) is 1. The molecule has 0 unspecified atom stereocenters. The van der Waals surface area contributed by atoms with Crippen molar-refractivity contribution in [2.45, 2.75) is 13.0 Å². The molecule has 4 nitrogen and oxygen atoms in total. The van der Waals surface area contributed by atoms with Crippen LogP contribution in [0, 0.1) is 5.82 Å². The molecule has 21 heavy (non-hydrogen) atoms. The van der Waals surface area contributed by atoms with Gasteiger partial charge in [0.1, 0.15) is 18.2 Å². The molecule has 0 fully saturated rings. The molecule has 110 valence electrons. The highest BCUT2D eigenvalue weighted by atomic mass is 79.9. The maximum absolute atomic E-state index is 13.2. The van der Waals surface area contributed by atoms with E-state index < -0.39 is 0 Å². The molecule has 0 saturated carbocycles. The minimum Gasteiger partial charge on any atom is -0.488 e. The van der Waals surface area contributed by atoms with Crippen molar-refractivity contribution in [3.63, 3.8) is 0 Å². The Bertz CT molecular complexity index is 649. The van der Waals surface area contributed by atoms with E-state index in [1.165, 1.54) is 12.1 Å². The summed E-state index contributed by atoms with van der Waals surface area (Å²) in [4.78, 5) is 11.4. The van der Waals surface area contributed by atoms with Gasteiger partial charge in [-0.3, -0.25) is 10.2 Å². The van der Waals surface area contributed by atoms with Crippen molar-refractivity contribution in [2.24, 2.45) is 5.84 Å². The van der Waals surface area contributed by atoms with Gasteiger partial charge in [0.25, 0.3) is 0 Å². The number of nitrogens with two attached hydrogens (primary N) is 1. The molecule has 0 saturated heterocycles. The van der Waals surface area contributed by atoms with Crippen LogP contribution in [0.15, 0.2) is 46.9 Å². The van der Waals surface area contributed by atoms with Gasteiger partial charge >= 0.3 is 0 Å². The first kappa shape index (κ1) is 15.5. The zero-order valence-electron chi connectivity index (χ0n) is 11.1. The van der Waals surface area contributed by atoms with Crippen LogP contribution in [0.5, 0.6) is 5.75 Å². The lowest BCUT2D eigenvalue weighted by molar-refractivity contribution is -0.120. The van der Waals surface area contributed by atoms with Crippen molar-refractivity contribution in [1.82, 2.24) is 5.43 Å². The Kier molecular flexibility index (Phi) is 5.30. The summed E-state index contributed by atoms with van der Waals surface area (Å²) in [5.41, 5.74) is 3.75. The number of nitrogens with one attached hydrogen (secondary N) is 1. The molecule has 2 rings (SSSR count). The lowest BCUT2D eigenvalue weighted by Gasteiger charge is -2.12. The topological polar surface area (TPSA) is 64.3 Å². The summed E-state index contributed by atoms with van der Waals surface area (Å²) >= 11 is 3.30. The molecule has 1 amide bonds. The molecule has 6 heteroatoms. The Morgan fingerprint density at radius 3 is 2.67 bits per heavy atom. The van der Waals surface area contributed by atoms with Crippen molar-refractivity contribution < 1.29 is 13.9 Å². The van der Waals surface area contributed by atoms with Crippen LogP contribution < -0.4 is 16.0 Å². The zero-order chi connectivity index (χ0) is 15.2. The molecule has 0 aliphatic rings. The third-order valence-electron chi connectivity index (χ3n) is 2.91. The highest BCUT2D eigenvalue weighted by Crippen LogP contribution is 2.26. The van der Waals surface area contributed by atoms with E-state index in [0.717, 1.165) is 11.1 Å². The second-order valence-electron chi connectivity index (χ2n) is 4.38. The van der Waals surface area contributed by atoms with Crippen molar-refractivity contribution in [2.75, 3.05) is 0 Å². The molecule has 2 aromatic carbocycles. The van der Waals surface area contributed by atoms with Gasteiger partial charge in [-0.15, -0.1) is 0 Å². The van der Waals surface area contributed by atoms with Crippen LogP contribution in [-0.2, 0) is 17.8 Å². The van der Waals surface area contributed by atoms with Crippen LogP contribution in [0.25, 0.3) is 0 Å². The lowest BCUT2D eigenvalue weighted by atomic mass is 10.1. The number of rotatable bonds is 5. The van der Waals surface area contributed by atoms with Crippen LogP contribution in [0.2, 0.25) is 0 Å². The number of amides is 1. The SMILES string of the molecule is NNC(=O)Cc1ccccc1COc1cc(F)ccc1Br. The highest BCUT2D eigenvalue weighted by Gasteiger charge is 2.09. The molecule has 2 aromatic rings. The summed E-state index contributed by atoms with van der Waals surface area (Å²) in [6, 6.07) is 11.6. The van der Waals surface area contributed by atoms with E-state index in [1.54, 1.807) is 6.07 Å². The molecule has 0 aliphatic carbocycles. The van der Waals surface area contributed by atoms with E-state index >= 15 is 0 Å². The summed E-state index contributed by atoms with van der Waals surface area (Å²) in [6.07, 6.45) is 0.167. The van der Waals surface area contributed by atoms with Gasteiger partial charge < -0.3 is 4.74 Å². The van der Waals surface area contributed by atoms with Crippen molar-refractivity contribution in [3.8, 4) is 5.75 Å². The minimum atomic E-state index is -0.371. The fourth-order valence-electron chi connectivity index (χ4n) is 1.84. The van der Waals surface area contributed by atoms with E-state index in [2.05, 4.69) is 21.4 Å². The van der Waals surface area contributed by atoms with Gasteiger partial charge in [-0.1, -0.05) is 24.3 Å². The fraction of sp³-hybridized carbons (Fsp3) is 0.133. The third-order valence-corrected chi connectivity index (χ3v) is 3.56. The number of halogens is 2. The minimum absolute atomic E-state index is 0.167. The van der Waals surface area contributed by atoms with Gasteiger partial charge in [-0.05, 0) is 39.2 Å². The molecular weight excluding hydrogens is 339 g/mol. The quantitative estimate of drug-likeness (QED) is 0.494. The molecule has 0 bridgehead atoms. The van der Waals surface area contributed by atoms with E-state index in [0.29, 0.717) is 10.2 Å². The largest absolute Gasteiger partial charge is 0.488 e. The molecule has 0 atom stereocenters. The third kappa shape index (κ3) is 4.27. The smallest absolute Gasteiger partial charge is 0.238 e. The summed E-state index contributed by atoms with van der Waals surface area (Å²) in [7, 11) is 0. The first-order valence-corrected chi connectivity index (χ1v) is 7.03. The van der Waals surface area contributed by atoms with Gasteiger partial charge in [-0.25, -0.2) is 10.2 Å². The van der Waals surface area contributed by atoms with Crippen LogP contribution in [0.4, 0.5) is 4.39 Å². The summed E-state index contributed by atoms with van der Waals surface area (Å²) in [6.45, 7) is 0.232. The van der Waals surface area contributed by atoms with Gasteiger partial charge in [0, 0.05) is 6.07 Å². The normalized spacial score (nSPS) is 10.2. The average molecular weight is 353 g/mol. The molecule has 0 radical (unpaired) electrons. The predicted molar refractivity (Wildman–Crippen MR) is 80.9 cm³/mol. The van der Waals surface area contributed by atoms with Crippen molar-refractivity contribution in [1.29, 1.82) is 0 Å². The monoisotopic (exact) mass is 352 g/mol. The summed E-state index contributed by atoms with van der Waals surface area (Å²) < 4.78 is 19.5. The number of carbonyl (C=O) groups is 1. The van der Waals surface area contributed by atoms with Crippen LogP contribution in [0.3, 0.4) is 0 Å². The number of carbonyl (C=O) groups excluding carboxylic acids is 1. The van der Waals surface area contributed by atoms with Gasteiger partial charge in [0.15, 0.2) is 0 Å². The van der Waals surface area contributed by atoms with Crippen molar-refractivity contribution >= 4 is 21.8 Å². The zero-order valence-corrected chi connectivity index (χ0v) is 12.7. The van der Waals surface area contributed by atoms with E-state index in [4.69, 9.17) is 10.6 Å². The number of hydrogen-bond donors (Lipinski definition) is 2. The fourth-order valence-corrected chi connectivity index (χ4v) is 2.20. The van der Waals surface area contributed by atoms with Gasteiger partial charge in [0.2, 0.25) is 5.91 Å². The number of benzene rings is 2. The molecular formula is C15H14BrFN2O2. The standard InChI is InChI=1S/C15H14BrFN2O2/c16-13-6-5-12(17)8-14(13)21-9-11-4-2-1-3-10(11)7-15(20)19-18/h1-6,8H,7,9,18H2,(H,19,20). The number of hydrogen-bond acceptors (Lipinski definition) is 3. The summed E-state index contributed by atoms with van der Waals surface area (Å²) in [5, 5.41) is 0. The van der Waals surface area contributed by atoms with Crippen LogP contribution in [0.1, 0.15) is 11.1 Å². The number of hydrazine groups is 1. The average Bonchev–Trinajstić information content (AvgIpc) is 2.49. The Labute approximate surface area is 130 Å². The van der Waals surface area contributed by atoms with Crippen molar-refractivity contribution in [3.05, 3.63) is 63.9 Å². The van der Waals surface area contributed by atoms with Gasteiger partial charge in [-0.2, -0.15) is 0 Å². The Hall–Kier alpha value is -1.92. The molecule has 3 N–H and O–H groups in total. The Morgan fingerprint density at radius 1 is 1.24 bits per heavy atom. The van der Waals surface area contributed by atoms with E-state index in [-0.39, 0.29) is 24.8 Å². The van der Waals surface area contributed by atoms with Crippen LogP contribution in [-0.4, -0.2) is 5.91 Å². The Balaban J connectivity index is 2.13. The van der Waals surface area contributed by atoms with Crippen LogP contribution >= 0.6 is 15.9 Å². The molecule has 0 spiro atoms. The first-order valence-electron chi connectivity index (χ1n) is 6.24. The Morgan fingerprint density at radius 2 is 1.95 bits per heavy atom. The second-order valence-corrected chi connectivity index (χ2v) is 5.23.